The molecule has 0 saturated carbocycles. The van der Waals surface area contributed by atoms with Gasteiger partial charge >= 0.3 is 5.97 Å². The van der Waals surface area contributed by atoms with E-state index in [1.165, 1.54) is 0 Å². The van der Waals surface area contributed by atoms with E-state index in [0.29, 0.717) is 17.2 Å². The van der Waals surface area contributed by atoms with E-state index < -0.39 is 5.97 Å². The average Bonchev–Trinajstić information content (AvgIpc) is 2.74. The van der Waals surface area contributed by atoms with Crippen LogP contribution in [0.2, 0.25) is 0 Å². The minimum Gasteiger partial charge on any atom is -0.497 e. The molecule has 0 radical (unpaired) electrons. The number of benzene rings is 1. The van der Waals surface area contributed by atoms with Gasteiger partial charge in [0.05, 0.1) is 19.9 Å². The maximum absolute atomic E-state index is 11.2. The second-order valence-corrected chi connectivity index (χ2v) is 5.19. The number of anilines is 1. The van der Waals surface area contributed by atoms with Crippen molar-refractivity contribution in [2.75, 3.05) is 20.0 Å². The second-order valence-electron chi connectivity index (χ2n) is 4.17. The molecule has 0 bridgehead atoms. The molecule has 1 aromatic carbocycles. The van der Waals surface area contributed by atoms with E-state index in [9.17, 15) is 4.79 Å². The number of rotatable bonds is 4. The molecule has 1 aromatic heterocycles. The highest BCUT2D eigenvalue weighted by molar-refractivity contribution is 7.18. The van der Waals surface area contributed by atoms with Crippen LogP contribution < -0.4 is 15.2 Å². The third kappa shape index (κ3) is 2.30. The van der Waals surface area contributed by atoms with E-state index in [2.05, 4.69) is 0 Å². The van der Waals surface area contributed by atoms with Crippen molar-refractivity contribution in [3.63, 3.8) is 0 Å². The number of carboxylic acids is 1. The summed E-state index contributed by atoms with van der Waals surface area (Å²) in [6, 6.07) is 5.39. The first-order chi connectivity index (χ1) is 9.49. The van der Waals surface area contributed by atoms with Crippen LogP contribution in [0.3, 0.4) is 0 Å². The number of methoxy groups -OCH3 is 2. The first-order valence-electron chi connectivity index (χ1n) is 5.84. The molecular formula is C14H15NO4S. The van der Waals surface area contributed by atoms with E-state index >= 15 is 0 Å². The molecule has 2 aromatic rings. The van der Waals surface area contributed by atoms with Crippen LogP contribution in [0.15, 0.2) is 18.2 Å². The quantitative estimate of drug-likeness (QED) is 0.905. The minimum atomic E-state index is -1.02. The van der Waals surface area contributed by atoms with Gasteiger partial charge in [0, 0.05) is 16.5 Å². The largest absolute Gasteiger partial charge is 0.497 e. The number of carboxylic acid groups (broad SMARTS) is 1. The lowest BCUT2D eigenvalue weighted by atomic mass is 10.1. The van der Waals surface area contributed by atoms with Crippen molar-refractivity contribution in [3.8, 4) is 21.9 Å². The molecule has 0 aliphatic carbocycles. The molecule has 5 nitrogen and oxygen atoms in total. The van der Waals surface area contributed by atoms with Gasteiger partial charge in [0.1, 0.15) is 16.4 Å². The van der Waals surface area contributed by atoms with Gasteiger partial charge in [-0.05, 0) is 24.6 Å². The number of thiophene rings is 1. The number of hydrogen-bond acceptors (Lipinski definition) is 5. The fourth-order valence-corrected chi connectivity index (χ4v) is 3.02. The number of ether oxygens (including phenoxy) is 2. The van der Waals surface area contributed by atoms with Crippen LogP contribution in [0.4, 0.5) is 5.69 Å². The summed E-state index contributed by atoms with van der Waals surface area (Å²) in [5.41, 5.74) is 7.70. The Kier molecular flexibility index (Phi) is 3.85. The zero-order chi connectivity index (χ0) is 14.9. The van der Waals surface area contributed by atoms with Gasteiger partial charge in [0.25, 0.3) is 0 Å². The number of carbonyl (C=O) groups is 1. The molecule has 0 spiro atoms. The molecule has 0 saturated heterocycles. The maximum Gasteiger partial charge on any atom is 0.348 e. The smallest absolute Gasteiger partial charge is 0.348 e. The Labute approximate surface area is 120 Å². The Balaban J connectivity index is 2.62. The predicted molar refractivity (Wildman–Crippen MR) is 79.0 cm³/mol. The van der Waals surface area contributed by atoms with Crippen LogP contribution in [0.5, 0.6) is 11.5 Å². The second kappa shape index (κ2) is 5.42. The summed E-state index contributed by atoms with van der Waals surface area (Å²) in [6.07, 6.45) is 0. The highest BCUT2D eigenvalue weighted by Gasteiger charge is 2.20. The minimum absolute atomic E-state index is 0.148. The van der Waals surface area contributed by atoms with Gasteiger partial charge in [-0.25, -0.2) is 4.79 Å². The predicted octanol–water partition coefficient (Wildman–Crippen LogP) is 3.02. The summed E-state index contributed by atoms with van der Waals surface area (Å²) >= 11 is 1.14. The zero-order valence-electron chi connectivity index (χ0n) is 11.4. The summed E-state index contributed by atoms with van der Waals surface area (Å²) in [5, 5.41) is 9.14. The Morgan fingerprint density at radius 2 is 2.00 bits per heavy atom. The molecule has 2 rings (SSSR count). The van der Waals surface area contributed by atoms with Crippen molar-refractivity contribution in [1.82, 2.24) is 0 Å². The van der Waals surface area contributed by atoms with Gasteiger partial charge in [-0.1, -0.05) is 0 Å². The first kappa shape index (κ1) is 14.2. The molecule has 0 amide bonds. The van der Waals surface area contributed by atoms with Gasteiger partial charge in [0.15, 0.2) is 0 Å². The normalized spacial score (nSPS) is 10.3. The Morgan fingerprint density at radius 1 is 1.30 bits per heavy atom. The van der Waals surface area contributed by atoms with Crippen LogP contribution in [0, 0.1) is 6.92 Å². The van der Waals surface area contributed by atoms with E-state index in [1.807, 2.05) is 6.07 Å². The van der Waals surface area contributed by atoms with E-state index in [1.54, 1.807) is 33.3 Å². The Bertz CT molecular complexity index is 663. The molecule has 3 N–H and O–H groups in total. The Hall–Kier alpha value is -2.21. The van der Waals surface area contributed by atoms with Gasteiger partial charge in [-0.2, -0.15) is 0 Å². The molecule has 0 aliphatic heterocycles. The SMILES string of the molecule is COc1ccc(-c2sc(C(=O)O)c(N)c2C)c(OC)c1. The van der Waals surface area contributed by atoms with Gasteiger partial charge in [-0.15, -0.1) is 11.3 Å². The summed E-state index contributed by atoms with van der Waals surface area (Å²) in [4.78, 5) is 12.1. The zero-order valence-corrected chi connectivity index (χ0v) is 12.2. The fourth-order valence-electron chi connectivity index (χ4n) is 1.93. The molecule has 0 aliphatic rings. The highest BCUT2D eigenvalue weighted by atomic mass is 32.1. The summed E-state index contributed by atoms with van der Waals surface area (Å²) in [6.45, 7) is 1.80. The number of nitrogens with two attached hydrogens (primary N) is 1. The van der Waals surface area contributed by atoms with Gasteiger partial charge in [-0.3, -0.25) is 0 Å². The number of hydrogen-bond donors (Lipinski definition) is 2. The van der Waals surface area contributed by atoms with Gasteiger partial charge in [0.2, 0.25) is 0 Å². The molecule has 106 valence electrons. The molecule has 0 atom stereocenters. The molecular weight excluding hydrogens is 278 g/mol. The molecule has 20 heavy (non-hydrogen) atoms. The van der Waals surface area contributed by atoms with Crippen LogP contribution in [0.25, 0.3) is 10.4 Å². The highest BCUT2D eigenvalue weighted by Crippen LogP contribution is 2.42. The molecule has 6 heteroatoms. The monoisotopic (exact) mass is 293 g/mol. The van der Waals surface area contributed by atoms with Gasteiger partial charge < -0.3 is 20.3 Å². The summed E-state index contributed by atoms with van der Waals surface area (Å²) in [5.74, 6) is 0.270. The van der Waals surface area contributed by atoms with Crippen molar-refractivity contribution >= 4 is 23.0 Å². The Morgan fingerprint density at radius 3 is 2.50 bits per heavy atom. The van der Waals surface area contributed by atoms with Crippen LogP contribution in [-0.4, -0.2) is 25.3 Å². The lowest BCUT2D eigenvalue weighted by Gasteiger charge is -2.09. The third-order valence-electron chi connectivity index (χ3n) is 3.04. The van der Waals surface area contributed by atoms with E-state index in [0.717, 1.165) is 27.3 Å². The average molecular weight is 293 g/mol. The van der Waals surface area contributed by atoms with Crippen LogP contribution in [-0.2, 0) is 0 Å². The van der Waals surface area contributed by atoms with Crippen molar-refractivity contribution < 1.29 is 19.4 Å². The molecule has 0 fully saturated rings. The van der Waals surface area contributed by atoms with Crippen molar-refractivity contribution in [1.29, 1.82) is 0 Å². The topological polar surface area (TPSA) is 81.8 Å². The van der Waals surface area contributed by atoms with Crippen molar-refractivity contribution in [3.05, 3.63) is 28.6 Å². The number of aromatic carboxylic acids is 1. The van der Waals surface area contributed by atoms with E-state index in [4.69, 9.17) is 20.3 Å². The fraction of sp³-hybridized carbons (Fsp3) is 0.214. The number of nitrogen functional groups attached to an aromatic ring is 1. The van der Waals surface area contributed by atoms with Crippen molar-refractivity contribution in [2.24, 2.45) is 0 Å². The van der Waals surface area contributed by atoms with Crippen LogP contribution >= 0.6 is 11.3 Å². The lowest BCUT2D eigenvalue weighted by molar-refractivity contribution is 0.0703. The molecule has 0 unspecified atom stereocenters. The van der Waals surface area contributed by atoms with Crippen molar-refractivity contribution in [2.45, 2.75) is 6.92 Å². The lowest BCUT2D eigenvalue weighted by Crippen LogP contribution is -1.97. The third-order valence-corrected chi connectivity index (χ3v) is 4.37. The summed E-state index contributed by atoms with van der Waals surface area (Å²) < 4.78 is 10.5. The molecule has 1 heterocycles. The standard InChI is InChI=1S/C14H15NO4S/c1-7-11(15)13(14(16)17)20-12(7)9-5-4-8(18-2)6-10(9)19-3/h4-6H,15H2,1-3H3,(H,16,17). The van der Waals surface area contributed by atoms with E-state index in [-0.39, 0.29) is 4.88 Å². The van der Waals surface area contributed by atoms with Crippen LogP contribution in [0.1, 0.15) is 15.2 Å². The summed E-state index contributed by atoms with van der Waals surface area (Å²) in [7, 11) is 3.13. The first-order valence-corrected chi connectivity index (χ1v) is 6.65. The maximum atomic E-state index is 11.2.